The SMILES string of the molecule is NS(=O)(=O)c1ccc2c(c1)CC2. The third kappa shape index (κ3) is 1.13. The molecular formula is C8H9NO2S. The van der Waals surface area contributed by atoms with E-state index in [1.807, 2.05) is 6.07 Å². The van der Waals surface area contributed by atoms with Gasteiger partial charge in [0.1, 0.15) is 0 Å². The lowest BCUT2D eigenvalue weighted by molar-refractivity contribution is 0.597. The molecule has 0 amide bonds. The van der Waals surface area contributed by atoms with Crippen LogP contribution < -0.4 is 5.14 Å². The first-order chi connectivity index (χ1) is 5.57. The van der Waals surface area contributed by atoms with Gasteiger partial charge in [-0.3, -0.25) is 0 Å². The predicted octanol–water partition coefficient (Wildman–Crippen LogP) is 0.433. The molecule has 1 aliphatic rings. The Kier molecular flexibility index (Phi) is 1.49. The molecule has 4 heteroatoms. The van der Waals surface area contributed by atoms with Crippen LogP contribution >= 0.6 is 0 Å². The Labute approximate surface area is 71.3 Å². The molecule has 12 heavy (non-hydrogen) atoms. The molecule has 0 aliphatic heterocycles. The largest absolute Gasteiger partial charge is 0.238 e. The van der Waals surface area contributed by atoms with E-state index in [0.29, 0.717) is 0 Å². The Morgan fingerprint density at radius 3 is 2.25 bits per heavy atom. The van der Waals surface area contributed by atoms with Crippen LogP contribution in [-0.4, -0.2) is 8.42 Å². The van der Waals surface area contributed by atoms with Crippen molar-refractivity contribution in [2.75, 3.05) is 0 Å². The summed E-state index contributed by atoms with van der Waals surface area (Å²) >= 11 is 0. The highest BCUT2D eigenvalue weighted by molar-refractivity contribution is 7.89. The van der Waals surface area contributed by atoms with Crippen LogP contribution in [0.2, 0.25) is 0 Å². The fourth-order valence-electron chi connectivity index (χ4n) is 1.35. The van der Waals surface area contributed by atoms with Gasteiger partial charge in [-0.1, -0.05) is 6.07 Å². The molecule has 1 aliphatic carbocycles. The van der Waals surface area contributed by atoms with Gasteiger partial charge < -0.3 is 0 Å². The zero-order valence-corrected chi connectivity index (χ0v) is 7.26. The lowest BCUT2D eigenvalue weighted by Gasteiger charge is -2.18. The minimum absolute atomic E-state index is 0.223. The number of aryl methyl sites for hydroxylation is 2. The Hall–Kier alpha value is -0.870. The molecule has 0 fully saturated rings. The second-order valence-electron chi connectivity index (χ2n) is 2.98. The van der Waals surface area contributed by atoms with Gasteiger partial charge in [-0.25, -0.2) is 13.6 Å². The zero-order chi connectivity index (χ0) is 8.77. The van der Waals surface area contributed by atoms with Crippen molar-refractivity contribution in [3.05, 3.63) is 29.3 Å². The van der Waals surface area contributed by atoms with Gasteiger partial charge in [-0.15, -0.1) is 0 Å². The summed E-state index contributed by atoms with van der Waals surface area (Å²) in [6.45, 7) is 0. The maximum absolute atomic E-state index is 10.9. The Morgan fingerprint density at radius 1 is 1.17 bits per heavy atom. The third-order valence-corrected chi connectivity index (χ3v) is 3.08. The van der Waals surface area contributed by atoms with Crippen LogP contribution in [0.1, 0.15) is 11.1 Å². The van der Waals surface area contributed by atoms with Crippen LogP contribution in [0.15, 0.2) is 23.1 Å². The molecule has 0 heterocycles. The van der Waals surface area contributed by atoms with Gasteiger partial charge in [0.15, 0.2) is 0 Å². The van der Waals surface area contributed by atoms with Gasteiger partial charge in [0.05, 0.1) is 4.90 Å². The molecule has 2 rings (SSSR count). The molecular weight excluding hydrogens is 174 g/mol. The number of rotatable bonds is 1. The lowest BCUT2D eigenvalue weighted by atomic mass is 9.89. The van der Waals surface area contributed by atoms with Crippen molar-refractivity contribution in [2.24, 2.45) is 5.14 Å². The highest BCUT2D eigenvalue weighted by Crippen LogP contribution is 2.24. The average molecular weight is 183 g/mol. The maximum atomic E-state index is 10.9. The molecule has 0 saturated heterocycles. The van der Waals surface area contributed by atoms with Gasteiger partial charge in [0, 0.05) is 0 Å². The van der Waals surface area contributed by atoms with E-state index in [0.717, 1.165) is 18.4 Å². The molecule has 3 nitrogen and oxygen atoms in total. The second kappa shape index (κ2) is 2.31. The van der Waals surface area contributed by atoms with E-state index in [-0.39, 0.29) is 4.90 Å². The van der Waals surface area contributed by atoms with Gasteiger partial charge >= 0.3 is 0 Å². The zero-order valence-electron chi connectivity index (χ0n) is 6.45. The summed E-state index contributed by atoms with van der Waals surface area (Å²) in [5.41, 5.74) is 2.35. The molecule has 0 unspecified atom stereocenters. The molecule has 0 spiro atoms. The smallest absolute Gasteiger partial charge is 0.225 e. The molecule has 0 radical (unpaired) electrons. The Bertz CT molecular complexity index is 423. The Balaban J connectivity index is 2.56. The van der Waals surface area contributed by atoms with E-state index < -0.39 is 10.0 Å². The number of hydrogen-bond acceptors (Lipinski definition) is 2. The van der Waals surface area contributed by atoms with Gasteiger partial charge in [0.25, 0.3) is 0 Å². The summed E-state index contributed by atoms with van der Waals surface area (Å²) in [4.78, 5) is 0.223. The molecule has 0 atom stereocenters. The summed E-state index contributed by atoms with van der Waals surface area (Å²) in [5.74, 6) is 0. The summed E-state index contributed by atoms with van der Waals surface area (Å²) in [5, 5.41) is 4.97. The van der Waals surface area contributed by atoms with Crippen LogP contribution in [0, 0.1) is 0 Å². The maximum Gasteiger partial charge on any atom is 0.238 e. The van der Waals surface area contributed by atoms with Gasteiger partial charge in [0.2, 0.25) is 10.0 Å². The predicted molar refractivity (Wildman–Crippen MR) is 45.2 cm³/mol. The monoisotopic (exact) mass is 183 g/mol. The first kappa shape index (κ1) is 7.76. The highest BCUT2D eigenvalue weighted by atomic mass is 32.2. The van der Waals surface area contributed by atoms with Crippen molar-refractivity contribution in [3.8, 4) is 0 Å². The Morgan fingerprint density at radius 2 is 1.83 bits per heavy atom. The topological polar surface area (TPSA) is 60.2 Å². The summed E-state index contributed by atoms with van der Waals surface area (Å²) in [7, 11) is -3.51. The van der Waals surface area contributed by atoms with Gasteiger partial charge in [-0.05, 0) is 36.1 Å². The van der Waals surface area contributed by atoms with Crippen LogP contribution in [0.4, 0.5) is 0 Å². The van der Waals surface area contributed by atoms with E-state index in [1.54, 1.807) is 12.1 Å². The number of primary sulfonamides is 1. The molecule has 2 N–H and O–H groups in total. The van der Waals surface area contributed by atoms with Crippen molar-refractivity contribution in [1.29, 1.82) is 0 Å². The van der Waals surface area contributed by atoms with Crippen LogP contribution in [-0.2, 0) is 22.9 Å². The van der Waals surface area contributed by atoms with E-state index in [4.69, 9.17) is 5.14 Å². The van der Waals surface area contributed by atoms with Crippen LogP contribution in [0.5, 0.6) is 0 Å². The van der Waals surface area contributed by atoms with E-state index in [9.17, 15) is 8.42 Å². The lowest BCUT2D eigenvalue weighted by Crippen LogP contribution is -2.15. The standard InChI is InChI=1S/C8H9NO2S/c9-12(10,11)8-4-3-6-1-2-7(6)5-8/h3-5H,1-2H2,(H2,9,10,11). The van der Waals surface area contributed by atoms with Crippen LogP contribution in [0.25, 0.3) is 0 Å². The van der Waals surface area contributed by atoms with Crippen molar-refractivity contribution < 1.29 is 8.42 Å². The van der Waals surface area contributed by atoms with Gasteiger partial charge in [-0.2, -0.15) is 0 Å². The second-order valence-corrected chi connectivity index (χ2v) is 4.54. The summed E-state index contributed by atoms with van der Waals surface area (Å²) in [6.07, 6.45) is 2.03. The highest BCUT2D eigenvalue weighted by Gasteiger charge is 2.16. The van der Waals surface area contributed by atoms with Crippen molar-refractivity contribution in [2.45, 2.75) is 17.7 Å². The summed E-state index contributed by atoms with van der Waals surface area (Å²) in [6, 6.07) is 5.06. The number of sulfonamides is 1. The summed E-state index contributed by atoms with van der Waals surface area (Å²) < 4.78 is 21.8. The minimum atomic E-state index is -3.51. The molecule has 1 aromatic carbocycles. The normalized spacial score (nSPS) is 15.1. The van der Waals surface area contributed by atoms with E-state index in [1.165, 1.54) is 5.56 Å². The number of nitrogens with two attached hydrogens (primary N) is 1. The van der Waals surface area contributed by atoms with E-state index >= 15 is 0 Å². The fourth-order valence-corrected chi connectivity index (χ4v) is 1.91. The number of fused-ring (bicyclic) bond motifs is 1. The molecule has 64 valence electrons. The molecule has 0 aromatic heterocycles. The fraction of sp³-hybridized carbons (Fsp3) is 0.250. The minimum Gasteiger partial charge on any atom is -0.225 e. The molecule has 0 saturated carbocycles. The van der Waals surface area contributed by atoms with Crippen molar-refractivity contribution in [1.82, 2.24) is 0 Å². The number of hydrogen-bond donors (Lipinski definition) is 1. The first-order valence-corrected chi connectivity index (χ1v) is 5.26. The quantitative estimate of drug-likeness (QED) is 0.686. The van der Waals surface area contributed by atoms with Crippen molar-refractivity contribution >= 4 is 10.0 Å². The van der Waals surface area contributed by atoms with Crippen molar-refractivity contribution in [3.63, 3.8) is 0 Å². The third-order valence-electron chi connectivity index (χ3n) is 2.17. The molecule has 1 aromatic rings. The first-order valence-electron chi connectivity index (χ1n) is 3.72. The molecule has 0 bridgehead atoms. The number of benzene rings is 1. The van der Waals surface area contributed by atoms with Crippen LogP contribution in [0.3, 0.4) is 0 Å². The average Bonchev–Trinajstić information content (AvgIpc) is 1.89. The van der Waals surface area contributed by atoms with E-state index in [2.05, 4.69) is 0 Å².